The second-order valence-corrected chi connectivity index (χ2v) is 6.78. The van der Waals surface area contributed by atoms with Gasteiger partial charge in [0.15, 0.2) is 0 Å². The van der Waals surface area contributed by atoms with Crippen molar-refractivity contribution in [2.45, 2.75) is 25.9 Å². The number of fused-ring (bicyclic) bond motifs is 1. The Balaban J connectivity index is 1.79. The average molecular weight is 345 g/mol. The highest BCUT2D eigenvalue weighted by Crippen LogP contribution is 2.26. The van der Waals surface area contributed by atoms with E-state index in [1.165, 1.54) is 11.1 Å². The maximum Gasteiger partial charge on any atom is 0.248 e. The maximum absolute atomic E-state index is 11.2. The number of allylic oxidation sites excluding steroid dienone is 1. The van der Waals surface area contributed by atoms with E-state index in [9.17, 15) is 4.79 Å². The van der Waals surface area contributed by atoms with E-state index < -0.39 is 5.24 Å². The van der Waals surface area contributed by atoms with Crippen LogP contribution in [0.25, 0.3) is 6.08 Å². The molecule has 3 rings (SSSR count). The fourth-order valence-electron chi connectivity index (χ4n) is 2.83. The molecule has 0 amide bonds. The molecule has 23 heavy (non-hydrogen) atoms. The molecule has 0 aromatic heterocycles. The molecule has 0 heterocycles. The van der Waals surface area contributed by atoms with Crippen molar-refractivity contribution in [1.29, 1.82) is 0 Å². The van der Waals surface area contributed by atoms with Crippen molar-refractivity contribution in [1.82, 2.24) is 0 Å². The normalized spacial score (nSPS) is 14.7. The van der Waals surface area contributed by atoms with Crippen molar-refractivity contribution in [2.24, 2.45) is 0 Å². The first-order valence-corrected chi connectivity index (χ1v) is 8.49. The lowest BCUT2D eigenvalue weighted by molar-refractivity contribution is -0.108. The maximum atomic E-state index is 11.2. The zero-order valence-electron chi connectivity index (χ0n) is 12.9. The molecule has 1 aliphatic rings. The largest absolute Gasteiger partial charge is 0.489 e. The first-order valence-electron chi connectivity index (χ1n) is 7.54. The molecule has 0 bridgehead atoms. The van der Waals surface area contributed by atoms with Gasteiger partial charge in [0, 0.05) is 23.7 Å². The van der Waals surface area contributed by atoms with Crippen molar-refractivity contribution < 1.29 is 9.53 Å². The first kappa shape index (κ1) is 16.2. The smallest absolute Gasteiger partial charge is 0.248 e. The molecule has 0 saturated heterocycles. The molecule has 2 aromatic rings. The number of rotatable bonds is 4. The average Bonchev–Trinajstić information content (AvgIpc) is 2.92. The molecule has 0 radical (unpaired) electrons. The molecule has 1 aliphatic carbocycles. The zero-order valence-corrected chi connectivity index (χ0v) is 14.8. The van der Waals surface area contributed by atoms with Crippen LogP contribution in [0.3, 0.4) is 0 Å². The number of hydrogen-bond acceptors (Lipinski definition) is 2. The predicted octanol–water partition coefficient (Wildman–Crippen LogP) is 3.90. The summed E-state index contributed by atoms with van der Waals surface area (Å²) in [4.78, 5) is 11.2. The van der Waals surface area contributed by atoms with E-state index in [0.717, 1.165) is 29.5 Å². The SMILES string of the molecule is C/C(=C\c1ccc(P)c(OC2Cc3ccccc3C2)c1)C(=O)Cl. The van der Waals surface area contributed by atoms with Crippen molar-refractivity contribution >= 4 is 37.5 Å². The van der Waals surface area contributed by atoms with Crippen LogP contribution in [0.5, 0.6) is 5.75 Å². The van der Waals surface area contributed by atoms with E-state index in [0.29, 0.717) is 5.57 Å². The van der Waals surface area contributed by atoms with Crippen LogP contribution in [0.1, 0.15) is 23.6 Å². The Morgan fingerprint density at radius 3 is 2.48 bits per heavy atom. The van der Waals surface area contributed by atoms with Crippen LogP contribution >= 0.6 is 20.8 Å². The summed E-state index contributed by atoms with van der Waals surface area (Å²) in [5.41, 5.74) is 4.15. The van der Waals surface area contributed by atoms with E-state index in [2.05, 4.69) is 33.5 Å². The van der Waals surface area contributed by atoms with Crippen LogP contribution in [0.4, 0.5) is 0 Å². The van der Waals surface area contributed by atoms with Gasteiger partial charge < -0.3 is 4.74 Å². The Labute approximate surface area is 143 Å². The van der Waals surface area contributed by atoms with Gasteiger partial charge in [-0.15, -0.1) is 9.24 Å². The summed E-state index contributed by atoms with van der Waals surface area (Å²) in [6.45, 7) is 1.71. The van der Waals surface area contributed by atoms with Crippen LogP contribution in [-0.4, -0.2) is 11.3 Å². The Morgan fingerprint density at radius 1 is 1.22 bits per heavy atom. The molecule has 0 N–H and O–H groups in total. The molecule has 0 saturated carbocycles. The molecule has 0 aliphatic heterocycles. The van der Waals surface area contributed by atoms with Gasteiger partial charge in [-0.3, -0.25) is 4.79 Å². The fraction of sp³-hybridized carbons (Fsp3) is 0.211. The second kappa shape index (κ2) is 6.86. The third-order valence-corrected chi connectivity index (χ3v) is 4.81. The molecular formula is C19H18ClO2P. The number of carbonyl (C=O) groups is 1. The van der Waals surface area contributed by atoms with Crippen LogP contribution in [-0.2, 0) is 17.6 Å². The predicted molar refractivity (Wildman–Crippen MR) is 98.6 cm³/mol. The summed E-state index contributed by atoms with van der Waals surface area (Å²) < 4.78 is 6.20. The van der Waals surface area contributed by atoms with E-state index in [-0.39, 0.29) is 6.10 Å². The van der Waals surface area contributed by atoms with Crippen LogP contribution in [0.15, 0.2) is 48.0 Å². The Hall–Kier alpha value is -1.63. The Kier molecular flexibility index (Phi) is 4.84. The van der Waals surface area contributed by atoms with Gasteiger partial charge in [-0.25, -0.2) is 0 Å². The minimum Gasteiger partial charge on any atom is -0.489 e. The highest BCUT2D eigenvalue weighted by Gasteiger charge is 2.22. The lowest BCUT2D eigenvalue weighted by Crippen LogP contribution is -2.19. The molecule has 0 fully saturated rings. The standard InChI is InChI=1S/C19H18ClO2P/c1-12(19(20)21)8-13-6-7-18(23)17(9-13)22-16-10-14-4-2-3-5-15(14)11-16/h2-9,16H,10-11,23H2,1H3/b12-8+. The molecule has 118 valence electrons. The summed E-state index contributed by atoms with van der Waals surface area (Å²) >= 11 is 5.50. The van der Waals surface area contributed by atoms with Crippen molar-refractivity contribution in [3.05, 3.63) is 64.7 Å². The van der Waals surface area contributed by atoms with Gasteiger partial charge in [-0.2, -0.15) is 0 Å². The number of hydrogen-bond donors (Lipinski definition) is 0. The minimum absolute atomic E-state index is 0.154. The van der Waals surface area contributed by atoms with E-state index in [1.54, 1.807) is 13.0 Å². The highest BCUT2D eigenvalue weighted by atomic mass is 35.5. The number of ether oxygens (including phenoxy) is 1. The topological polar surface area (TPSA) is 26.3 Å². The van der Waals surface area contributed by atoms with Gasteiger partial charge in [0.1, 0.15) is 11.9 Å². The van der Waals surface area contributed by atoms with Gasteiger partial charge in [-0.05, 0) is 47.4 Å². The lowest BCUT2D eigenvalue weighted by Gasteiger charge is -2.15. The van der Waals surface area contributed by atoms with E-state index >= 15 is 0 Å². The van der Waals surface area contributed by atoms with Gasteiger partial charge in [0.05, 0.1) is 0 Å². The molecule has 1 atom stereocenters. The Bertz CT molecular complexity index is 758. The molecule has 2 aromatic carbocycles. The lowest BCUT2D eigenvalue weighted by atomic mass is 10.1. The summed E-state index contributed by atoms with van der Waals surface area (Å²) in [5, 5.41) is 0.571. The number of carbonyl (C=O) groups excluding carboxylic acids is 1. The molecule has 1 unspecified atom stereocenters. The van der Waals surface area contributed by atoms with Crippen LogP contribution < -0.4 is 10.0 Å². The number of halogens is 1. The third-order valence-electron chi connectivity index (χ3n) is 4.04. The van der Waals surface area contributed by atoms with Gasteiger partial charge in [0.2, 0.25) is 5.24 Å². The summed E-state index contributed by atoms with van der Waals surface area (Å²) in [5.74, 6) is 0.830. The van der Waals surface area contributed by atoms with Crippen molar-refractivity contribution in [3.8, 4) is 5.75 Å². The molecule has 2 nitrogen and oxygen atoms in total. The van der Waals surface area contributed by atoms with Gasteiger partial charge >= 0.3 is 0 Å². The Morgan fingerprint density at radius 2 is 1.87 bits per heavy atom. The molecule has 4 heteroatoms. The minimum atomic E-state index is -0.436. The fourth-order valence-corrected chi connectivity index (χ4v) is 3.13. The van der Waals surface area contributed by atoms with Crippen LogP contribution in [0, 0.1) is 0 Å². The summed E-state index contributed by atoms with van der Waals surface area (Å²) in [6, 6.07) is 14.3. The van der Waals surface area contributed by atoms with Crippen molar-refractivity contribution in [3.63, 3.8) is 0 Å². The third kappa shape index (κ3) is 3.83. The van der Waals surface area contributed by atoms with Gasteiger partial charge in [0.25, 0.3) is 0 Å². The van der Waals surface area contributed by atoms with E-state index in [4.69, 9.17) is 16.3 Å². The quantitative estimate of drug-likeness (QED) is 0.477. The van der Waals surface area contributed by atoms with Crippen molar-refractivity contribution in [2.75, 3.05) is 0 Å². The monoisotopic (exact) mass is 344 g/mol. The summed E-state index contributed by atoms with van der Waals surface area (Å²) in [6.07, 6.45) is 3.79. The van der Waals surface area contributed by atoms with Gasteiger partial charge in [-0.1, -0.05) is 36.4 Å². The van der Waals surface area contributed by atoms with E-state index in [1.807, 2.05) is 18.2 Å². The molecular weight excluding hydrogens is 327 g/mol. The zero-order chi connectivity index (χ0) is 16.4. The first-order chi connectivity index (χ1) is 11.0. The number of benzene rings is 2. The summed E-state index contributed by atoms with van der Waals surface area (Å²) in [7, 11) is 2.70. The molecule has 0 spiro atoms. The highest BCUT2D eigenvalue weighted by molar-refractivity contribution is 7.27. The second-order valence-electron chi connectivity index (χ2n) is 5.82. The van der Waals surface area contributed by atoms with Crippen LogP contribution in [0.2, 0.25) is 0 Å².